The van der Waals surface area contributed by atoms with E-state index in [9.17, 15) is 19.5 Å². The van der Waals surface area contributed by atoms with E-state index in [1.165, 1.54) is 269 Å². The number of hydrogen-bond donors (Lipinski definition) is 4. The number of nitrogens with zero attached hydrogens (tertiary/aromatic N) is 6. The highest BCUT2D eigenvalue weighted by molar-refractivity contribution is 6.08. The number of ether oxygens (including phenoxy) is 2. The van der Waals surface area contributed by atoms with Crippen LogP contribution in [0, 0.1) is 0 Å². The average molecular weight is 1470 g/mol. The first-order valence-corrected chi connectivity index (χ1v) is 42.3. The third-order valence-corrected chi connectivity index (χ3v) is 27.3. The number of carboxylic acids is 1. The van der Waals surface area contributed by atoms with Crippen molar-refractivity contribution in [3.63, 3.8) is 0 Å². The molecular weight excluding hydrogens is 1360 g/mol. The largest absolute Gasteiger partial charge is 0.478 e. The fourth-order valence-electron chi connectivity index (χ4n) is 22.2. The van der Waals surface area contributed by atoms with Gasteiger partial charge in [-0.25, -0.2) is 14.4 Å². The van der Waals surface area contributed by atoms with Gasteiger partial charge in [0.25, 0.3) is 0 Å². The summed E-state index contributed by atoms with van der Waals surface area (Å²) in [6.07, 6.45) is 38.0. The lowest BCUT2D eigenvalue weighted by atomic mass is 9.81. The number of carbonyl (C=O) groups is 3. The van der Waals surface area contributed by atoms with E-state index >= 15 is 0 Å². The van der Waals surface area contributed by atoms with Crippen LogP contribution in [0.25, 0.3) is 105 Å². The number of esters is 2. The number of hydrogen-bond acceptors (Lipinski definition) is 8. The molecule has 9 aliphatic rings. The van der Waals surface area contributed by atoms with Crippen molar-refractivity contribution >= 4 is 88.9 Å². The first kappa shape index (κ1) is 70.9. The third-order valence-electron chi connectivity index (χ3n) is 27.3. The molecule has 0 unspecified atom stereocenters. The van der Waals surface area contributed by atoms with Crippen LogP contribution in [0.4, 0.5) is 0 Å². The van der Waals surface area contributed by atoms with Crippen LogP contribution < -0.4 is 16.0 Å². The van der Waals surface area contributed by atoms with Crippen molar-refractivity contribution in [2.24, 2.45) is 0 Å². The average Bonchev–Trinajstić information content (AvgIpc) is 1.57. The number of rotatable bonds is 9. The van der Waals surface area contributed by atoms with Gasteiger partial charge in [-0.1, -0.05) is 137 Å². The molecule has 12 heterocycles. The normalized spacial score (nSPS) is 18.9. The van der Waals surface area contributed by atoms with Gasteiger partial charge in [-0.15, -0.1) is 0 Å². The van der Waals surface area contributed by atoms with Gasteiger partial charge in [0, 0.05) is 136 Å². The Balaban J connectivity index is 0.000000112. The van der Waals surface area contributed by atoms with Gasteiger partial charge in [0.15, 0.2) is 0 Å². The van der Waals surface area contributed by atoms with Gasteiger partial charge in [0.1, 0.15) is 0 Å². The maximum Gasteiger partial charge on any atom is 0.337 e. The number of methoxy groups -OCH3 is 2. The number of nitrogens with one attached hydrogen (secondary N) is 3. The Morgan fingerprint density at radius 2 is 0.755 bits per heavy atom. The molecule has 15 heteroatoms. The number of benzene rings is 6. The van der Waals surface area contributed by atoms with Crippen molar-refractivity contribution in [3.05, 3.63) is 184 Å². The number of piperidine rings is 2. The molecule has 0 radical (unpaired) electrons. The topological polar surface area (TPSA) is 156 Å². The summed E-state index contributed by atoms with van der Waals surface area (Å²) in [6, 6.07) is 39.1. The molecule has 0 bridgehead atoms. The molecule has 4 N–H and O–H groups in total. The first-order chi connectivity index (χ1) is 54.2. The molecule has 5 fully saturated rings. The lowest BCUT2D eigenvalue weighted by Crippen LogP contribution is -2.26. The number of aromatic carboxylic acids is 1. The summed E-state index contributed by atoms with van der Waals surface area (Å²) in [5.74, 6) is 1.54. The lowest BCUT2D eigenvalue weighted by Gasteiger charge is -2.25. The zero-order valence-electron chi connectivity index (χ0n) is 64.5. The number of fused-ring (bicyclic) bond motifs is 12. The second-order valence-corrected chi connectivity index (χ2v) is 33.4. The quantitative estimate of drug-likeness (QED) is 0.103. The number of aromatic nitrogens is 6. The van der Waals surface area contributed by atoms with E-state index in [-0.39, 0.29) is 11.9 Å². The van der Waals surface area contributed by atoms with E-state index in [2.05, 4.69) is 153 Å². The second-order valence-electron chi connectivity index (χ2n) is 33.4. The number of aryl methyl sites for hydroxylation is 6. The summed E-state index contributed by atoms with van der Waals surface area (Å²) in [5.41, 5.74) is 27.8. The molecule has 0 amide bonds. The molecule has 6 aromatic heterocycles. The van der Waals surface area contributed by atoms with Gasteiger partial charge in [-0.2, -0.15) is 0 Å². The van der Waals surface area contributed by atoms with Crippen LogP contribution in [0.1, 0.15) is 242 Å². The Kier molecular flexibility index (Phi) is 19.6. The van der Waals surface area contributed by atoms with Crippen molar-refractivity contribution in [1.82, 2.24) is 43.4 Å². The van der Waals surface area contributed by atoms with Crippen LogP contribution in [0.15, 0.2) is 134 Å². The van der Waals surface area contributed by atoms with Crippen molar-refractivity contribution < 1.29 is 29.0 Å². The minimum absolute atomic E-state index is 0.259. The molecule has 3 aliphatic carbocycles. The molecule has 6 aromatic carbocycles. The first-order valence-electron chi connectivity index (χ1n) is 42.3. The van der Waals surface area contributed by atoms with Crippen molar-refractivity contribution in [2.75, 3.05) is 53.5 Å². The van der Waals surface area contributed by atoms with Crippen molar-refractivity contribution in [1.29, 1.82) is 0 Å². The van der Waals surface area contributed by atoms with E-state index in [1.54, 1.807) is 0 Å². The zero-order valence-corrected chi connectivity index (χ0v) is 64.5. The van der Waals surface area contributed by atoms with Crippen LogP contribution in [-0.4, -0.2) is 104 Å². The predicted octanol–water partition coefficient (Wildman–Crippen LogP) is 20.7. The Labute approximate surface area is 645 Å². The molecule has 15 nitrogen and oxygen atoms in total. The Morgan fingerprint density at radius 1 is 0.373 bits per heavy atom. The summed E-state index contributed by atoms with van der Waals surface area (Å²) in [6.45, 7) is 12.2. The number of carboxylic acid groups (broad SMARTS) is 1. The highest BCUT2D eigenvalue weighted by atomic mass is 16.5. The monoisotopic (exact) mass is 1470 g/mol. The van der Waals surface area contributed by atoms with Crippen LogP contribution in [0.5, 0.6) is 0 Å². The standard InChI is InChI=1S/C32H37N3O2.C32H35N3O2.C31H35N3O2/c2*1-37-32(36)23-11-12-25-28(19-23)35-18-6-17-34-20-27(21-13-15-33-16-14-21)24-9-5-10-26(30(24)34)31(35)29(25)22-7-3-2-4-8-22;35-31(36)22-10-11-24-27(18-22)34-17-5-16-33-19-26(20-12-14-32-15-13-20)23-8-4-9-25(29(23)33)30(34)28(24)21-6-2-1-3-7-21/h5,9-12,19-22,33H,2-4,6-8,13-18H2,1H3;5,9-13,19-20,22,33H,2-4,6-8,14-18H2,1H3;4,8-11,18-21,32H,1-3,5-7,12-17H2,(H,35,36). The summed E-state index contributed by atoms with van der Waals surface area (Å²) in [4.78, 5) is 36.9. The van der Waals surface area contributed by atoms with Gasteiger partial charge in [0.2, 0.25) is 0 Å². The van der Waals surface area contributed by atoms with Gasteiger partial charge >= 0.3 is 17.9 Å². The molecule has 0 atom stereocenters. The maximum absolute atomic E-state index is 12.5. The Bertz CT molecular complexity index is 5580. The molecule has 21 rings (SSSR count). The number of carbonyl (C=O) groups excluding carboxylic acids is 2. The maximum atomic E-state index is 12.5. The number of para-hydroxylation sites is 3. The molecule has 568 valence electrons. The van der Waals surface area contributed by atoms with E-state index in [0.717, 1.165) is 110 Å². The van der Waals surface area contributed by atoms with E-state index in [0.29, 0.717) is 46.3 Å². The molecule has 3 saturated carbocycles. The zero-order chi connectivity index (χ0) is 74.1. The van der Waals surface area contributed by atoms with E-state index < -0.39 is 5.97 Å². The molecule has 12 aromatic rings. The van der Waals surface area contributed by atoms with E-state index in [1.807, 2.05) is 24.3 Å². The van der Waals surface area contributed by atoms with Crippen molar-refractivity contribution in [2.45, 2.75) is 217 Å². The van der Waals surface area contributed by atoms with Gasteiger partial charge in [-0.3, -0.25) is 0 Å². The van der Waals surface area contributed by atoms with E-state index in [4.69, 9.17) is 9.47 Å². The molecule has 6 aliphatic heterocycles. The Hall–Kier alpha value is -9.41. The lowest BCUT2D eigenvalue weighted by molar-refractivity contribution is 0.0592. The summed E-state index contributed by atoms with van der Waals surface area (Å²) < 4.78 is 25.4. The smallest absolute Gasteiger partial charge is 0.337 e. The van der Waals surface area contributed by atoms with Gasteiger partial charge in [0.05, 0.1) is 64.5 Å². The highest BCUT2D eigenvalue weighted by Crippen LogP contribution is 2.53. The van der Waals surface area contributed by atoms with Crippen molar-refractivity contribution in [3.8, 4) is 33.8 Å². The minimum atomic E-state index is -0.847. The highest BCUT2D eigenvalue weighted by Gasteiger charge is 2.36. The van der Waals surface area contributed by atoms with Crippen LogP contribution in [-0.2, 0) is 48.7 Å². The van der Waals surface area contributed by atoms with Gasteiger partial charge in [-0.05, 0) is 222 Å². The minimum Gasteiger partial charge on any atom is -0.478 e. The fraction of sp³-hybridized carbons (Fsp3) is 0.442. The van der Waals surface area contributed by atoms with Crippen LogP contribution in [0.3, 0.4) is 0 Å². The van der Waals surface area contributed by atoms with Crippen LogP contribution >= 0.6 is 0 Å². The summed E-state index contributed by atoms with van der Waals surface area (Å²) in [5, 5.41) is 28.4. The predicted molar refractivity (Wildman–Crippen MR) is 445 cm³/mol. The summed E-state index contributed by atoms with van der Waals surface area (Å²) in [7, 11) is 2.94. The summed E-state index contributed by atoms with van der Waals surface area (Å²) >= 11 is 0. The third kappa shape index (κ3) is 12.5. The second kappa shape index (κ2) is 30.4. The van der Waals surface area contributed by atoms with Crippen LogP contribution in [0.2, 0.25) is 0 Å². The molecule has 0 spiro atoms. The van der Waals surface area contributed by atoms with Gasteiger partial charge < -0.3 is 57.9 Å². The molecular formula is C95H107N9O6. The molecule has 110 heavy (non-hydrogen) atoms. The molecule has 2 saturated heterocycles. The SMILES string of the molecule is COC(=O)c1ccc2c(C3CCCCC3)c3n(c2c1)CCCn1cc(C2=CCNCC2)c2cccc-3c21.COC(=O)c1ccc2c(C3CCCCC3)c3n(c2c1)CCCn1cc(C2CCNCC2)c2cccc-3c21.O=C(O)c1ccc2c(C3CCCCC3)c3n(c2c1)CCCn1cc(C2CCNCC2)c2cccc-3c21. The Morgan fingerprint density at radius 3 is 1.15 bits per heavy atom. The fourth-order valence-corrected chi connectivity index (χ4v) is 22.2.